The van der Waals surface area contributed by atoms with Crippen LogP contribution in [0.3, 0.4) is 0 Å². The largest absolute Gasteiger partial charge is 0.379 e. The number of anilines is 1. The number of benzene rings is 2. The second-order valence-corrected chi connectivity index (χ2v) is 9.29. The Hall–Kier alpha value is -3.63. The number of carbonyl (C=O) groups is 3. The summed E-state index contributed by atoms with van der Waals surface area (Å²) in [5, 5.41) is 11.0. The number of nitrogens with zero attached hydrogens (tertiary/aromatic N) is 4. The lowest BCUT2D eigenvalue weighted by Crippen LogP contribution is -2.49. The third-order valence-electron chi connectivity index (χ3n) is 6.66. The molecule has 0 aliphatic carbocycles. The maximum absolute atomic E-state index is 13.5. The van der Waals surface area contributed by atoms with Crippen LogP contribution in [0.15, 0.2) is 48.5 Å². The van der Waals surface area contributed by atoms with Gasteiger partial charge in [-0.05, 0) is 35.7 Å². The van der Waals surface area contributed by atoms with E-state index >= 15 is 0 Å². The van der Waals surface area contributed by atoms with Crippen LogP contribution in [0.1, 0.15) is 42.1 Å². The van der Waals surface area contributed by atoms with Gasteiger partial charge in [0.05, 0.1) is 30.2 Å². The molecule has 0 radical (unpaired) electrons. The van der Waals surface area contributed by atoms with Gasteiger partial charge in [0.25, 0.3) is 17.5 Å². The number of hydrogen-bond donors (Lipinski definition) is 0. The maximum Gasteiger partial charge on any atom is 0.269 e. The second-order valence-electron chi connectivity index (χ2n) is 9.29. The van der Waals surface area contributed by atoms with E-state index in [-0.39, 0.29) is 30.1 Å². The number of morpholine rings is 1. The molecule has 190 valence electrons. The average Bonchev–Trinajstić information content (AvgIpc) is 3.18. The molecule has 2 heterocycles. The molecule has 3 amide bonds. The van der Waals surface area contributed by atoms with E-state index in [0.29, 0.717) is 44.5 Å². The average molecular weight is 495 g/mol. The molecule has 0 spiro atoms. The molecule has 36 heavy (non-hydrogen) atoms. The minimum atomic E-state index is -0.953. The Balaban J connectivity index is 1.58. The zero-order valence-electron chi connectivity index (χ0n) is 20.5. The number of hydrogen-bond acceptors (Lipinski definition) is 7. The lowest BCUT2D eigenvalue weighted by Gasteiger charge is -2.32. The van der Waals surface area contributed by atoms with Crippen LogP contribution in [0.2, 0.25) is 0 Å². The first kappa shape index (κ1) is 25.5. The first-order chi connectivity index (χ1) is 17.3. The van der Waals surface area contributed by atoms with Gasteiger partial charge in [-0.25, -0.2) is 4.90 Å². The molecular weight excluding hydrogens is 464 g/mol. The highest BCUT2D eigenvalue weighted by atomic mass is 16.6. The summed E-state index contributed by atoms with van der Waals surface area (Å²) in [4.78, 5) is 55.2. The number of non-ortho nitro benzene ring substituents is 1. The Kier molecular flexibility index (Phi) is 7.76. The van der Waals surface area contributed by atoms with Crippen LogP contribution in [-0.4, -0.2) is 77.9 Å². The van der Waals surface area contributed by atoms with Crippen LogP contribution in [0.25, 0.3) is 0 Å². The van der Waals surface area contributed by atoms with E-state index in [4.69, 9.17) is 4.74 Å². The number of ether oxygens (including phenoxy) is 1. The SMILES string of the molecule is CC(C)c1ccc(N2C(=O)CC(N(CCN3CCOCC3)C(=O)c3ccc([N+](=O)[O-])cc3)C2=O)cc1. The number of nitro groups is 1. The summed E-state index contributed by atoms with van der Waals surface area (Å²) in [5.74, 6) is -0.946. The predicted molar refractivity (Wildman–Crippen MR) is 133 cm³/mol. The van der Waals surface area contributed by atoms with Crippen LogP contribution in [-0.2, 0) is 14.3 Å². The molecule has 10 heteroatoms. The van der Waals surface area contributed by atoms with E-state index in [9.17, 15) is 24.5 Å². The van der Waals surface area contributed by atoms with Crippen molar-refractivity contribution in [2.75, 3.05) is 44.3 Å². The highest BCUT2D eigenvalue weighted by Crippen LogP contribution is 2.28. The summed E-state index contributed by atoms with van der Waals surface area (Å²) in [7, 11) is 0. The molecular formula is C26H30N4O6. The van der Waals surface area contributed by atoms with Crippen LogP contribution >= 0.6 is 0 Å². The lowest BCUT2D eigenvalue weighted by molar-refractivity contribution is -0.384. The molecule has 0 aromatic heterocycles. The predicted octanol–water partition coefficient (Wildman–Crippen LogP) is 2.82. The smallest absolute Gasteiger partial charge is 0.269 e. The molecule has 0 N–H and O–H groups in total. The Morgan fingerprint density at radius 3 is 2.31 bits per heavy atom. The van der Waals surface area contributed by atoms with Crippen molar-refractivity contribution in [3.63, 3.8) is 0 Å². The molecule has 4 rings (SSSR count). The fourth-order valence-corrected chi connectivity index (χ4v) is 4.50. The number of carbonyl (C=O) groups excluding carboxylic acids is 3. The van der Waals surface area contributed by atoms with E-state index in [1.807, 2.05) is 12.1 Å². The monoisotopic (exact) mass is 494 g/mol. The summed E-state index contributed by atoms with van der Waals surface area (Å²) in [6, 6.07) is 11.6. The topological polar surface area (TPSA) is 113 Å². The zero-order valence-corrected chi connectivity index (χ0v) is 20.5. The van der Waals surface area contributed by atoms with Crippen LogP contribution in [0, 0.1) is 10.1 Å². The highest BCUT2D eigenvalue weighted by Gasteiger charge is 2.44. The molecule has 2 saturated heterocycles. The van der Waals surface area contributed by atoms with Crippen molar-refractivity contribution in [1.29, 1.82) is 0 Å². The Morgan fingerprint density at radius 2 is 1.72 bits per heavy atom. The fourth-order valence-electron chi connectivity index (χ4n) is 4.50. The molecule has 2 aromatic rings. The van der Waals surface area contributed by atoms with Gasteiger partial charge in [0.2, 0.25) is 5.91 Å². The van der Waals surface area contributed by atoms with Crippen LogP contribution in [0.5, 0.6) is 0 Å². The lowest BCUT2D eigenvalue weighted by atomic mass is 10.0. The third kappa shape index (κ3) is 5.44. The van der Waals surface area contributed by atoms with Crippen molar-refractivity contribution >= 4 is 29.1 Å². The van der Waals surface area contributed by atoms with Crippen LogP contribution < -0.4 is 4.90 Å². The molecule has 10 nitrogen and oxygen atoms in total. The van der Waals surface area contributed by atoms with Gasteiger partial charge in [0, 0.05) is 43.9 Å². The van der Waals surface area contributed by atoms with E-state index in [1.165, 1.54) is 29.2 Å². The molecule has 2 aliphatic heterocycles. The second kappa shape index (κ2) is 11.0. The minimum absolute atomic E-state index is 0.118. The molecule has 1 unspecified atom stereocenters. The van der Waals surface area contributed by atoms with E-state index in [1.54, 1.807) is 12.1 Å². The van der Waals surface area contributed by atoms with E-state index in [2.05, 4.69) is 18.7 Å². The van der Waals surface area contributed by atoms with Crippen molar-refractivity contribution in [3.05, 3.63) is 69.8 Å². The van der Waals surface area contributed by atoms with Gasteiger partial charge in [-0.3, -0.25) is 29.4 Å². The van der Waals surface area contributed by atoms with Crippen molar-refractivity contribution < 1.29 is 24.0 Å². The van der Waals surface area contributed by atoms with Gasteiger partial charge in [-0.1, -0.05) is 26.0 Å². The zero-order chi connectivity index (χ0) is 25.8. The standard InChI is InChI=1S/C26H30N4O6/c1-18(2)19-3-7-21(8-4-19)29-24(31)17-23(26(29)33)28(12-11-27-13-15-36-16-14-27)25(32)20-5-9-22(10-6-20)30(34)35/h3-10,18,23H,11-17H2,1-2H3. The van der Waals surface area contributed by atoms with Gasteiger partial charge in [-0.2, -0.15) is 0 Å². The van der Waals surface area contributed by atoms with Crippen molar-refractivity contribution in [2.45, 2.75) is 32.2 Å². The Labute approximate surface area is 209 Å². The van der Waals surface area contributed by atoms with Crippen LogP contribution in [0.4, 0.5) is 11.4 Å². The molecule has 0 bridgehead atoms. The van der Waals surface area contributed by atoms with Gasteiger partial charge in [-0.15, -0.1) is 0 Å². The van der Waals surface area contributed by atoms with Crippen molar-refractivity contribution in [2.24, 2.45) is 0 Å². The van der Waals surface area contributed by atoms with Gasteiger partial charge < -0.3 is 9.64 Å². The summed E-state index contributed by atoms with van der Waals surface area (Å²) in [5.41, 5.74) is 1.67. The summed E-state index contributed by atoms with van der Waals surface area (Å²) in [6.07, 6.45) is -0.118. The number of imide groups is 1. The van der Waals surface area contributed by atoms with Crippen molar-refractivity contribution in [3.8, 4) is 0 Å². The molecule has 2 aliphatic rings. The number of nitro benzene ring substituents is 1. The fraction of sp³-hybridized carbons (Fsp3) is 0.423. The Bertz CT molecular complexity index is 1130. The quantitative estimate of drug-likeness (QED) is 0.315. The summed E-state index contributed by atoms with van der Waals surface area (Å²) in [6.45, 7) is 7.49. The first-order valence-corrected chi connectivity index (χ1v) is 12.1. The number of rotatable bonds is 8. The maximum atomic E-state index is 13.5. The van der Waals surface area contributed by atoms with E-state index < -0.39 is 22.8 Å². The highest BCUT2D eigenvalue weighted by molar-refractivity contribution is 6.23. The van der Waals surface area contributed by atoms with Gasteiger partial charge in [0.15, 0.2) is 0 Å². The molecule has 2 fully saturated rings. The normalized spacial score (nSPS) is 18.6. The van der Waals surface area contributed by atoms with Gasteiger partial charge >= 0.3 is 0 Å². The number of amides is 3. The van der Waals surface area contributed by atoms with Gasteiger partial charge in [0.1, 0.15) is 6.04 Å². The molecule has 1 atom stereocenters. The summed E-state index contributed by atoms with van der Waals surface area (Å²) >= 11 is 0. The summed E-state index contributed by atoms with van der Waals surface area (Å²) < 4.78 is 5.39. The molecule has 2 aromatic carbocycles. The first-order valence-electron chi connectivity index (χ1n) is 12.1. The van der Waals surface area contributed by atoms with Crippen molar-refractivity contribution in [1.82, 2.24) is 9.80 Å². The van der Waals surface area contributed by atoms with E-state index in [0.717, 1.165) is 10.5 Å². The minimum Gasteiger partial charge on any atom is -0.379 e. The Morgan fingerprint density at radius 1 is 1.08 bits per heavy atom. The third-order valence-corrected chi connectivity index (χ3v) is 6.66. The molecule has 0 saturated carbocycles.